The Balaban J connectivity index is 2.25. The van der Waals surface area contributed by atoms with E-state index in [0.29, 0.717) is 11.5 Å². The fourth-order valence-corrected chi connectivity index (χ4v) is 1.71. The van der Waals surface area contributed by atoms with Gasteiger partial charge in [-0.15, -0.1) is 0 Å². The van der Waals surface area contributed by atoms with Crippen molar-refractivity contribution < 1.29 is 9.90 Å². The summed E-state index contributed by atoms with van der Waals surface area (Å²) in [6.45, 7) is 1.89. The first-order valence-electron chi connectivity index (χ1n) is 4.67. The van der Waals surface area contributed by atoms with Gasteiger partial charge in [0.2, 0.25) is 0 Å². The van der Waals surface area contributed by atoms with Crippen molar-refractivity contribution in [1.29, 1.82) is 0 Å². The molecule has 1 aliphatic rings. The molecule has 1 aromatic rings. The van der Waals surface area contributed by atoms with E-state index >= 15 is 0 Å². The zero-order valence-electron chi connectivity index (χ0n) is 7.73. The number of carboxylic acids is 1. The normalized spacial score (nSPS) is 21.0. The Hall–Kier alpha value is -1.42. The minimum absolute atomic E-state index is 0.321. The van der Waals surface area contributed by atoms with Crippen LogP contribution in [0.3, 0.4) is 0 Å². The van der Waals surface area contributed by atoms with Gasteiger partial charge in [-0.1, -0.05) is 0 Å². The van der Waals surface area contributed by atoms with E-state index in [2.05, 4.69) is 10.3 Å². The average Bonchev–Trinajstić information content (AvgIpc) is 2.71. The molecular weight excluding hydrogens is 180 g/mol. The third-order valence-corrected chi connectivity index (χ3v) is 2.51. The van der Waals surface area contributed by atoms with Gasteiger partial charge in [0.25, 0.3) is 0 Å². The molecular formula is C10H12N2O2. The van der Waals surface area contributed by atoms with Gasteiger partial charge in [-0.2, -0.15) is 0 Å². The van der Waals surface area contributed by atoms with Gasteiger partial charge in [0.15, 0.2) is 0 Å². The number of carboxylic acid groups (broad SMARTS) is 1. The van der Waals surface area contributed by atoms with E-state index in [9.17, 15) is 4.79 Å². The Bertz CT molecular complexity index is 346. The Morgan fingerprint density at radius 3 is 3.14 bits per heavy atom. The predicted molar refractivity (Wildman–Crippen MR) is 51.4 cm³/mol. The van der Waals surface area contributed by atoms with Crippen molar-refractivity contribution in [1.82, 2.24) is 10.3 Å². The van der Waals surface area contributed by atoms with Crippen LogP contribution in [0.1, 0.15) is 28.4 Å². The van der Waals surface area contributed by atoms with Gasteiger partial charge in [-0.05, 0) is 25.1 Å². The Labute approximate surface area is 82.0 Å². The zero-order chi connectivity index (χ0) is 9.97. The van der Waals surface area contributed by atoms with Crippen LogP contribution >= 0.6 is 0 Å². The molecule has 1 atom stereocenters. The lowest BCUT2D eigenvalue weighted by Gasteiger charge is -2.07. The van der Waals surface area contributed by atoms with E-state index < -0.39 is 5.97 Å². The Morgan fingerprint density at radius 1 is 1.64 bits per heavy atom. The highest BCUT2D eigenvalue weighted by Crippen LogP contribution is 2.20. The second-order valence-corrected chi connectivity index (χ2v) is 3.46. The van der Waals surface area contributed by atoms with E-state index in [0.717, 1.165) is 25.2 Å². The van der Waals surface area contributed by atoms with Crippen LogP contribution < -0.4 is 5.32 Å². The van der Waals surface area contributed by atoms with Crippen molar-refractivity contribution in [2.24, 2.45) is 0 Å². The molecule has 1 unspecified atom stereocenters. The van der Waals surface area contributed by atoms with Gasteiger partial charge < -0.3 is 10.4 Å². The van der Waals surface area contributed by atoms with E-state index in [1.807, 2.05) is 0 Å². The molecule has 2 heterocycles. The zero-order valence-corrected chi connectivity index (χ0v) is 7.73. The SMILES string of the molecule is O=C(O)c1ccnc(C2CCNC2)c1. The lowest BCUT2D eigenvalue weighted by Crippen LogP contribution is -2.09. The number of hydrogen-bond donors (Lipinski definition) is 2. The van der Waals surface area contributed by atoms with Crippen molar-refractivity contribution in [2.75, 3.05) is 13.1 Å². The van der Waals surface area contributed by atoms with Crippen molar-refractivity contribution in [3.05, 3.63) is 29.6 Å². The average molecular weight is 192 g/mol. The van der Waals surface area contributed by atoms with Gasteiger partial charge >= 0.3 is 5.97 Å². The van der Waals surface area contributed by atoms with E-state index in [1.165, 1.54) is 6.07 Å². The molecule has 0 radical (unpaired) electrons. The number of aromatic carboxylic acids is 1. The topological polar surface area (TPSA) is 62.2 Å². The van der Waals surface area contributed by atoms with Crippen LogP contribution in [0.25, 0.3) is 0 Å². The summed E-state index contributed by atoms with van der Waals surface area (Å²) in [5.74, 6) is -0.520. The fraction of sp³-hybridized carbons (Fsp3) is 0.400. The first kappa shape index (κ1) is 9.15. The molecule has 0 spiro atoms. The fourth-order valence-electron chi connectivity index (χ4n) is 1.71. The van der Waals surface area contributed by atoms with Crippen molar-refractivity contribution in [2.45, 2.75) is 12.3 Å². The van der Waals surface area contributed by atoms with Crippen LogP contribution in [-0.2, 0) is 0 Å². The summed E-state index contributed by atoms with van der Waals surface area (Å²) < 4.78 is 0. The van der Waals surface area contributed by atoms with E-state index in [-0.39, 0.29) is 0 Å². The second-order valence-electron chi connectivity index (χ2n) is 3.46. The minimum Gasteiger partial charge on any atom is -0.478 e. The van der Waals surface area contributed by atoms with E-state index in [4.69, 9.17) is 5.11 Å². The number of rotatable bonds is 2. The Morgan fingerprint density at radius 2 is 2.50 bits per heavy atom. The van der Waals surface area contributed by atoms with Crippen LogP contribution in [-0.4, -0.2) is 29.1 Å². The second kappa shape index (κ2) is 3.75. The van der Waals surface area contributed by atoms with Crippen LogP contribution in [0, 0.1) is 0 Å². The molecule has 0 aliphatic carbocycles. The molecule has 4 heteroatoms. The molecule has 0 aromatic carbocycles. The first-order chi connectivity index (χ1) is 6.77. The number of nitrogens with one attached hydrogen (secondary N) is 1. The summed E-state index contributed by atoms with van der Waals surface area (Å²) in [6, 6.07) is 3.19. The quantitative estimate of drug-likeness (QED) is 0.729. The maximum absolute atomic E-state index is 10.7. The largest absolute Gasteiger partial charge is 0.478 e. The van der Waals surface area contributed by atoms with E-state index in [1.54, 1.807) is 12.3 Å². The predicted octanol–water partition coefficient (Wildman–Crippen LogP) is 0.857. The van der Waals surface area contributed by atoms with Crippen LogP contribution in [0.4, 0.5) is 0 Å². The van der Waals surface area contributed by atoms with Crippen LogP contribution in [0.2, 0.25) is 0 Å². The number of hydrogen-bond acceptors (Lipinski definition) is 3. The molecule has 0 saturated carbocycles. The summed E-state index contributed by atoms with van der Waals surface area (Å²) in [6.07, 6.45) is 2.60. The first-order valence-corrected chi connectivity index (χ1v) is 4.67. The van der Waals surface area contributed by atoms with Gasteiger partial charge in [-0.3, -0.25) is 4.98 Å². The highest BCUT2D eigenvalue weighted by atomic mass is 16.4. The minimum atomic E-state index is -0.889. The molecule has 0 amide bonds. The molecule has 4 nitrogen and oxygen atoms in total. The summed E-state index contributed by atoms with van der Waals surface area (Å²) in [7, 11) is 0. The van der Waals surface area contributed by atoms with Crippen molar-refractivity contribution in [3.8, 4) is 0 Å². The van der Waals surface area contributed by atoms with Crippen molar-refractivity contribution in [3.63, 3.8) is 0 Å². The standard InChI is InChI=1S/C10H12N2O2/c13-10(14)7-2-4-12-9(5-7)8-1-3-11-6-8/h2,4-5,8,11H,1,3,6H2,(H,13,14). The van der Waals surface area contributed by atoms with Crippen LogP contribution in [0.15, 0.2) is 18.3 Å². The van der Waals surface area contributed by atoms with Gasteiger partial charge in [0, 0.05) is 24.4 Å². The Kier molecular flexibility index (Phi) is 2.45. The summed E-state index contributed by atoms with van der Waals surface area (Å²) in [5, 5.41) is 12.0. The number of carbonyl (C=O) groups is 1. The molecule has 2 rings (SSSR count). The summed E-state index contributed by atoms with van der Waals surface area (Å²) in [5.41, 5.74) is 1.21. The molecule has 0 bridgehead atoms. The number of aromatic nitrogens is 1. The van der Waals surface area contributed by atoms with Gasteiger partial charge in [0.1, 0.15) is 0 Å². The third-order valence-electron chi connectivity index (χ3n) is 2.51. The highest BCUT2D eigenvalue weighted by Gasteiger charge is 2.18. The maximum Gasteiger partial charge on any atom is 0.335 e. The van der Waals surface area contributed by atoms with Crippen molar-refractivity contribution >= 4 is 5.97 Å². The molecule has 74 valence electrons. The smallest absolute Gasteiger partial charge is 0.335 e. The van der Waals surface area contributed by atoms with Gasteiger partial charge in [-0.25, -0.2) is 4.79 Å². The third kappa shape index (κ3) is 1.75. The summed E-state index contributed by atoms with van der Waals surface area (Å²) in [4.78, 5) is 14.9. The molecule has 1 fully saturated rings. The molecule has 1 aliphatic heterocycles. The van der Waals surface area contributed by atoms with Crippen LogP contribution in [0.5, 0.6) is 0 Å². The lowest BCUT2D eigenvalue weighted by molar-refractivity contribution is 0.0696. The molecule has 1 saturated heterocycles. The molecule has 2 N–H and O–H groups in total. The summed E-state index contributed by atoms with van der Waals surface area (Å²) >= 11 is 0. The molecule has 14 heavy (non-hydrogen) atoms. The lowest BCUT2D eigenvalue weighted by atomic mass is 10.0. The van der Waals surface area contributed by atoms with Gasteiger partial charge in [0.05, 0.1) is 5.56 Å². The highest BCUT2D eigenvalue weighted by molar-refractivity contribution is 5.87. The monoisotopic (exact) mass is 192 g/mol. The number of pyridine rings is 1. The molecule has 1 aromatic heterocycles. The number of nitrogens with zero attached hydrogens (tertiary/aromatic N) is 1. The maximum atomic E-state index is 10.7.